The summed E-state index contributed by atoms with van der Waals surface area (Å²) in [5.41, 5.74) is 5.24. The standard InChI is InChI=1S/C23H18N8/c1-16-3-2-4-22(28-16)31-20(19-9-10-30-23(11-19)26-15-27-30)12-21(29-31)25-14-18-7-5-17(13-24)6-8-18/h2-12,15H,14H2,1H3,(H,25,29). The molecule has 0 aliphatic carbocycles. The van der Waals surface area contributed by atoms with Gasteiger partial charge in [0, 0.05) is 30.1 Å². The van der Waals surface area contributed by atoms with Gasteiger partial charge in [-0.25, -0.2) is 19.2 Å². The SMILES string of the molecule is Cc1cccc(-n2nc(NCc3ccc(C#N)cc3)cc2-c2ccn3ncnc3c2)n1. The molecule has 0 saturated carbocycles. The van der Waals surface area contributed by atoms with Crippen LogP contribution in [0.2, 0.25) is 0 Å². The third-order valence-corrected chi connectivity index (χ3v) is 4.93. The molecule has 0 saturated heterocycles. The Morgan fingerprint density at radius 3 is 2.74 bits per heavy atom. The molecular weight excluding hydrogens is 388 g/mol. The molecular formula is C23H18N8. The summed E-state index contributed by atoms with van der Waals surface area (Å²) < 4.78 is 3.55. The van der Waals surface area contributed by atoms with Crippen LogP contribution in [0.25, 0.3) is 22.7 Å². The van der Waals surface area contributed by atoms with Gasteiger partial charge in [-0.2, -0.15) is 10.4 Å². The molecule has 31 heavy (non-hydrogen) atoms. The molecule has 5 aromatic rings. The van der Waals surface area contributed by atoms with E-state index in [9.17, 15) is 0 Å². The van der Waals surface area contributed by atoms with Gasteiger partial charge in [-0.15, -0.1) is 5.10 Å². The minimum Gasteiger partial charge on any atom is -0.364 e. The molecule has 0 atom stereocenters. The zero-order valence-corrected chi connectivity index (χ0v) is 16.8. The number of fused-ring (bicyclic) bond motifs is 1. The number of benzene rings is 1. The van der Waals surface area contributed by atoms with Gasteiger partial charge in [-0.05, 0) is 48.9 Å². The second kappa shape index (κ2) is 7.72. The van der Waals surface area contributed by atoms with Crippen LogP contribution in [-0.4, -0.2) is 29.4 Å². The molecule has 8 nitrogen and oxygen atoms in total. The van der Waals surface area contributed by atoms with Crippen molar-refractivity contribution < 1.29 is 0 Å². The predicted molar refractivity (Wildman–Crippen MR) is 117 cm³/mol. The maximum Gasteiger partial charge on any atom is 0.155 e. The Morgan fingerprint density at radius 1 is 1.06 bits per heavy atom. The highest BCUT2D eigenvalue weighted by Gasteiger charge is 2.14. The lowest BCUT2D eigenvalue weighted by Crippen LogP contribution is -2.04. The zero-order valence-electron chi connectivity index (χ0n) is 16.8. The number of aryl methyl sites for hydroxylation is 1. The van der Waals surface area contributed by atoms with Crippen LogP contribution in [0.3, 0.4) is 0 Å². The Labute approximate surface area is 178 Å². The van der Waals surface area contributed by atoms with Crippen LogP contribution in [0.5, 0.6) is 0 Å². The summed E-state index contributed by atoms with van der Waals surface area (Å²) in [5.74, 6) is 1.46. The number of nitrogens with zero attached hydrogens (tertiary/aromatic N) is 7. The van der Waals surface area contributed by atoms with Crippen molar-refractivity contribution in [2.24, 2.45) is 0 Å². The summed E-state index contributed by atoms with van der Waals surface area (Å²) in [6, 6.07) is 21.4. The Kier molecular flexibility index (Phi) is 4.61. The van der Waals surface area contributed by atoms with Crippen molar-refractivity contribution in [2.75, 3.05) is 5.32 Å². The first kappa shape index (κ1) is 18.5. The maximum atomic E-state index is 8.96. The molecule has 4 aromatic heterocycles. The van der Waals surface area contributed by atoms with E-state index in [2.05, 4.69) is 26.5 Å². The molecule has 1 aromatic carbocycles. The molecule has 5 rings (SSSR count). The van der Waals surface area contributed by atoms with E-state index < -0.39 is 0 Å². The van der Waals surface area contributed by atoms with E-state index in [1.165, 1.54) is 6.33 Å². The molecule has 0 radical (unpaired) electrons. The van der Waals surface area contributed by atoms with Crippen LogP contribution in [0.4, 0.5) is 5.82 Å². The van der Waals surface area contributed by atoms with E-state index in [0.29, 0.717) is 12.1 Å². The molecule has 0 spiro atoms. The topological polar surface area (TPSA) is 96.7 Å². The van der Waals surface area contributed by atoms with Gasteiger partial charge in [0.1, 0.15) is 12.1 Å². The van der Waals surface area contributed by atoms with Gasteiger partial charge in [-0.3, -0.25) is 0 Å². The van der Waals surface area contributed by atoms with Gasteiger partial charge in [0.05, 0.1) is 17.3 Å². The first-order valence-corrected chi connectivity index (χ1v) is 9.76. The molecule has 0 aliphatic heterocycles. The third-order valence-electron chi connectivity index (χ3n) is 4.93. The van der Waals surface area contributed by atoms with Gasteiger partial charge in [0.2, 0.25) is 0 Å². The van der Waals surface area contributed by atoms with E-state index in [1.54, 1.807) is 4.52 Å². The average Bonchev–Trinajstić information content (AvgIpc) is 3.44. The molecule has 0 aliphatic rings. The predicted octanol–water partition coefficient (Wildman–Crippen LogP) is 3.77. The Hall–Kier alpha value is -4.51. The van der Waals surface area contributed by atoms with E-state index in [4.69, 9.17) is 10.4 Å². The van der Waals surface area contributed by atoms with E-state index in [0.717, 1.165) is 39.8 Å². The number of pyridine rings is 2. The zero-order chi connectivity index (χ0) is 21.2. The lowest BCUT2D eigenvalue weighted by molar-refractivity contribution is 0.845. The molecule has 8 heteroatoms. The van der Waals surface area contributed by atoms with E-state index >= 15 is 0 Å². The van der Waals surface area contributed by atoms with Gasteiger partial charge >= 0.3 is 0 Å². The van der Waals surface area contributed by atoms with Crippen LogP contribution in [0.1, 0.15) is 16.8 Å². The first-order valence-electron chi connectivity index (χ1n) is 9.76. The number of nitrogens with one attached hydrogen (secondary N) is 1. The summed E-state index contributed by atoms with van der Waals surface area (Å²) in [6.45, 7) is 2.55. The summed E-state index contributed by atoms with van der Waals surface area (Å²) >= 11 is 0. The summed E-state index contributed by atoms with van der Waals surface area (Å²) in [5, 5.41) is 21.3. The fourth-order valence-corrected chi connectivity index (χ4v) is 3.36. The van der Waals surface area contributed by atoms with Crippen LogP contribution < -0.4 is 5.32 Å². The van der Waals surface area contributed by atoms with Crippen molar-refractivity contribution in [3.63, 3.8) is 0 Å². The molecule has 0 amide bonds. The van der Waals surface area contributed by atoms with E-state index in [-0.39, 0.29) is 0 Å². The number of anilines is 1. The summed E-state index contributed by atoms with van der Waals surface area (Å²) in [4.78, 5) is 8.93. The smallest absolute Gasteiger partial charge is 0.155 e. The number of hydrogen-bond acceptors (Lipinski definition) is 6. The maximum absolute atomic E-state index is 8.96. The lowest BCUT2D eigenvalue weighted by Gasteiger charge is -2.07. The average molecular weight is 406 g/mol. The van der Waals surface area contributed by atoms with Crippen molar-refractivity contribution in [1.82, 2.24) is 29.4 Å². The van der Waals surface area contributed by atoms with Crippen molar-refractivity contribution in [2.45, 2.75) is 13.5 Å². The van der Waals surface area contributed by atoms with Gasteiger partial charge in [-0.1, -0.05) is 18.2 Å². The minimum absolute atomic E-state index is 0.590. The van der Waals surface area contributed by atoms with Crippen molar-refractivity contribution >= 4 is 11.5 Å². The summed E-state index contributed by atoms with van der Waals surface area (Å²) in [7, 11) is 0. The number of hydrogen-bond donors (Lipinski definition) is 1. The van der Waals surface area contributed by atoms with Crippen LogP contribution in [-0.2, 0) is 6.54 Å². The normalized spacial score (nSPS) is 10.8. The van der Waals surface area contributed by atoms with Crippen LogP contribution >= 0.6 is 0 Å². The number of aromatic nitrogens is 6. The van der Waals surface area contributed by atoms with Crippen LogP contribution in [0.15, 0.2) is 73.2 Å². The van der Waals surface area contributed by atoms with Crippen LogP contribution in [0, 0.1) is 18.3 Å². The lowest BCUT2D eigenvalue weighted by atomic mass is 10.1. The highest BCUT2D eigenvalue weighted by atomic mass is 15.3. The van der Waals surface area contributed by atoms with Crippen molar-refractivity contribution in [1.29, 1.82) is 5.26 Å². The minimum atomic E-state index is 0.590. The molecule has 0 bridgehead atoms. The van der Waals surface area contributed by atoms with E-state index in [1.807, 2.05) is 78.5 Å². The second-order valence-corrected chi connectivity index (χ2v) is 7.10. The fourth-order valence-electron chi connectivity index (χ4n) is 3.36. The second-order valence-electron chi connectivity index (χ2n) is 7.10. The van der Waals surface area contributed by atoms with Gasteiger partial charge in [0.15, 0.2) is 11.5 Å². The monoisotopic (exact) mass is 406 g/mol. The Morgan fingerprint density at radius 2 is 1.94 bits per heavy atom. The quantitative estimate of drug-likeness (QED) is 0.477. The third kappa shape index (κ3) is 3.72. The molecule has 0 fully saturated rings. The Balaban J connectivity index is 1.52. The molecule has 0 unspecified atom stereocenters. The first-order chi connectivity index (χ1) is 15.2. The number of rotatable bonds is 5. The van der Waals surface area contributed by atoms with Gasteiger partial charge < -0.3 is 5.32 Å². The number of nitriles is 1. The molecule has 1 N–H and O–H groups in total. The fraction of sp³-hybridized carbons (Fsp3) is 0.0870. The van der Waals surface area contributed by atoms with Gasteiger partial charge in [0.25, 0.3) is 0 Å². The highest BCUT2D eigenvalue weighted by molar-refractivity contribution is 5.68. The highest BCUT2D eigenvalue weighted by Crippen LogP contribution is 2.26. The van der Waals surface area contributed by atoms with Crippen molar-refractivity contribution in [3.05, 3.63) is 90.0 Å². The van der Waals surface area contributed by atoms with Crippen molar-refractivity contribution in [3.8, 4) is 23.1 Å². The largest absolute Gasteiger partial charge is 0.364 e. The summed E-state index contributed by atoms with van der Waals surface area (Å²) in [6.07, 6.45) is 3.41. The Bertz CT molecular complexity index is 1410. The molecule has 150 valence electrons. The molecule has 4 heterocycles.